The molecular formula is C57H80N4O12S. The molecule has 74 heavy (non-hydrogen) atoms. The highest BCUT2D eigenvalue weighted by Crippen LogP contribution is 2.47. The number of oxime groups is 1. The number of rotatable bonds is 28. The first-order valence-corrected chi connectivity index (χ1v) is 27.7. The minimum absolute atomic E-state index is 0.0266. The number of aryl methyl sites for hydroxylation is 1. The molecule has 0 radical (unpaired) electrons. The summed E-state index contributed by atoms with van der Waals surface area (Å²) < 4.78 is 39.1. The standard InChI is InChI=1S/C56H76N4O9.CH4O3S/c1-38(2)29-48(50(62)34-45(31-42-17-13-10-14-18-42)54(65)59-49(30-39(3)4)52(63)56(7)23-24-56)58-53(64)44(21-19-41-15-11-9-12-16-41)33-47(61)37-60(25-27-68-28-26-60)36-43-20-22-51(69-55(66)40(5)6)46(32-43)35-57-67-8;1-5(2,3)4/h9-18,20,22,32,35,38-40,44-45,48-49H,19,21,23-31,33-34,36-37H2,1-8H3,(H-,58,59,64,65);1H3,(H,2,3,4)/b57-35+;/t44-,45-,48+,49+;/m1./s1. The van der Waals surface area contributed by atoms with Gasteiger partial charge in [0.15, 0.2) is 17.3 Å². The summed E-state index contributed by atoms with van der Waals surface area (Å²) in [7, 11) is -2.48. The van der Waals surface area contributed by atoms with Crippen LogP contribution >= 0.6 is 0 Å². The van der Waals surface area contributed by atoms with Crippen molar-refractivity contribution in [3.63, 3.8) is 0 Å². The van der Waals surface area contributed by atoms with E-state index in [2.05, 4.69) is 15.8 Å². The molecule has 2 aliphatic rings. The van der Waals surface area contributed by atoms with Crippen LogP contribution in [0.5, 0.6) is 5.75 Å². The maximum absolute atomic E-state index is 14.7. The zero-order chi connectivity index (χ0) is 54.6. The Balaban J connectivity index is 0.00000226. The van der Waals surface area contributed by atoms with Crippen LogP contribution in [0.25, 0.3) is 0 Å². The van der Waals surface area contributed by atoms with Crippen molar-refractivity contribution in [2.45, 2.75) is 125 Å². The quantitative estimate of drug-likeness (QED) is 0.0184. The Kier molecular flexibility index (Phi) is 23.8. The molecule has 0 aromatic heterocycles. The van der Waals surface area contributed by atoms with Gasteiger partial charge in [0.1, 0.15) is 39.0 Å². The molecule has 16 nitrogen and oxygen atoms in total. The Bertz CT molecular complexity index is 2460. The van der Waals surface area contributed by atoms with Gasteiger partial charge >= 0.3 is 5.97 Å². The summed E-state index contributed by atoms with van der Waals surface area (Å²) in [5, 5.41) is 10.1. The summed E-state index contributed by atoms with van der Waals surface area (Å²) in [5.74, 6) is -2.69. The topological polar surface area (TPSA) is 224 Å². The smallest absolute Gasteiger partial charge is 0.313 e. The molecule has 1 heterocycles. The summed E-state index contributed by atoms with van der Waals surface area (Å²) in [5.41, 5.74) is 2.95. The van der Waals surface area contributed by atoms with Crippen molar-refractivity contribution in [2.75, 3.05) is 46.2 Å². The highest BCUT2D eigenvalue weighted by Gasteiger charge is 2.48. The fourth-order valence-electron chi connectivity index (χ4n) is 9.16. The van der Waals surface area contributed by atoms with E-state index in [0.29, 0.717) is 80.6 Å². The van der Waals surface area contributed by atoms with Gasteiger partial charge in [-0.05, 0) is 86.1 Å². The number of morpholine rings is 1. The second kappa shape index (κ2) is 28.9. The fourth-order valence-corrected chi connectivity index (χ4v) is 9.16. The zero-order valence-electron chi connectivity index (χ0n) is 44.9. The molecule has 3 aromatic rings. The first-order chi connectivity index (χ1) is 34.9. The maximum Gasteiger partial charge on any atom is 0.313 e. The number of quaternary nitrogens is 1. The third-order valence-electron chi connectivity index (χ3n) is 13.5. The molecule has 1 saturated carbocycles. The van der Waals surface area contributed by atoms with E-state index in [1.54, 1.807) is 19.9 Å². The molecule has 17 heteroatoms. The molecule has 2 amide bonds. The van der Waals surface area contributed by atoms with Gasteiger partial charge in [-0.25, -0.2) is 8.42 Å². The van der Waals surface area contributed by atoms with Crippen LogP contribution in [-0.4, -0.2) is 117 Å². The lowest BCUT2D eigenvalue weighted by Gasteiger charge is -2.41. The van der Waals surface area contributed by atoms with Gasteiger partial charge in [0.05, 0.1) is 47.5 Å². The van der Waals surface area contributed by atoms with Crippen LogP contribution in [0.3, 0.4) is 0 Å². The first kappa shape index (κ1) is 60.9. The lowest BCUT2D eigenvalue weighted by molar-refractivity contribution is -0.940. The lowest BCUT2D eigenvalue weighted by Crippen LogP contribution is -2.57. The molecule has 5 rings (SSSR count). The number of nitrogens with zero attached hydrogens (tertiary/aromatic N) is 2. The van der Waals surface area contributed by atoms with Crippen LogP contribution in [0.1, 0.15) is 116 Å². The van der Waals surface area contributed by atoms with Crippen LogP contribution in [0.2, 0.25) is 0 Å². The number of esters is 1. The summed E-state index contributed by atoms with van der Waals surface area (Å²) in [6.07, 6.45) is 5.62. The van der Waals surface area contributed by atoms with Gasteiger partial charge in [0, 0.05) is 47.5 Å². The molecule has 1 aliphatic carbocycles. The second-order valence-corrected chi connectivity index (χ2v) is 23.0. The second-order valence-electron chi connectivity index (χ2n) is 21.6. The number of carbonyl (C=O) groups excluding carboxylic acids is 6. The van der Waals surface area contributed by atoms with E-state index < -0.39 is 39.5 Å². The molecule has 0 unspecified atom stereocenters. The van der Waals surface area contributed by atoms with Crippen molar-refractivity contribution in [1.82, 2.24) is 10.6 Å². The van der Waals surface area contributed by atoms with Crippen LogP contribution < -0.4 is 15.4 Å². The fraction of sp³-hybridized carbons (Fsp3) is 0.561. The SMILES string of the molecule is CO/N=C/c1cc(C[N+]2(CC(=O)C[C@@H](CCc3ccccc3)C(=O)N[C@@H](CC(C)C)C(=O)C[C@@H](Cc3ccccc3)C(=O)N[C@@H](CC(C)C)C(=O)C3(C)CC3)CCOCC2)ccc1OC(=O)C(C)C.CS(=O)(=O)[O-]. The van der Waals surface area contributed by atoms with Crippen molar-refractivity contribution >= 4 is 51.5 Å². The van der Waals surface area contributed by atoms with E-state index >= 15 is 0 Å². The van der Waals surface area contributed by atoms with Crippen molar-refractivity contribution in [3.05, 3.63) is 101 Å². The minimum Gasteiger partial charge on any atom is -0.748 e. The van der Waals surface area contributed by atoms with Gasteiger partial charge < -0.3 is 34.0 Å². The monoisotopic (exact) mass is 1040 g/mol. The van der Waals surface area contributed by atoms with Crippen molar-refractivity contribution in [3.8, 4) is 5.75 Å². The molecule has 2 fully saturated rings. The average molecular weight is 1050 g/mol. The van der Waals surface area contributed by atoms with Gasteiger partial charge in [-0.1, -0.05) is 114 Å². The maximum atomic E-state index is 14.7. The van der Waals surface area contributed by atoms with Gasteiger partial charge in [-0.3, -0.25) is 28.8 Å². The number of nitrogens with one attached hydrogen (secondary N) is 2. The number of Topliss-reactive ketones (excluding diaryl/α,β-unsaturated/α-hetero) is 3. The Labute approximate surface area is 439 Å². The van der Waals surface area contributed by atoms with Crippen molar-refractivity contribution < 1.29 is 60.5 Å². The molecule has 4 atom stereocenters. The largest absolute Gasteiger partial charge is 0.748 e. The van der Waals surface area contributed by atoms with Crippen molar-refractivity contribution in [1.29, 1.82) is 0 Å². The van der Waals surface area contributed by atoms with Crippen LogP contribution in [-0.2, 0) is 67.8 Å². The lowest BCUT2D eigenvalue weighted by atomic mass is 9.87. The number of benzene rings is 3. The molecule has 1 aliphatic heterocycles. The van der Waals surface area contributed by atoms with E-state index in [4.69, 9.17) is 27.3 Å². The molecule has 1 saturated heterocycles. The average Bonchev–Trinajstić information content (AvgIpc) is 4.09. The van der Waals surface area contributed by atoms with E-state index in [0.717, 1.165) is 29.5 Å². The molecule has 0 bridgehead atoms. The summed E-state index contributed by atoms with van der Waals surface area (Å²) >= 11 is 0. The molecule has 0 spiro atoms. The normalized spacial score (nSPS) is 16.6. The summed E-state index contributed by atoms with van der Waals surface area (Å²) in [4.78, 5) is 89.2. The molecule has 2 N–H and O–H groups in total. The molecular weight excluding hydrogens is 965 g/mol. The van der Waals surface area contributed by atoms with Crippen LogP contribution in [0.4, 0.5) is 0 Å². The summed E-state index contributed by atoms with van der Waals surface area (Å²) in [6.45, 7) is 16.2. The van der Waals surface area contributed by atoms with Crippen LogP contribution in [0.15, 0.2) is 84.0 Å². The van der Waals surface area contributed by atoms with E-state index in [-0.39, 0.29) is 78.7 Å². The predicted octanol–water partition coefficient (Wildman–Crippen LogP) is 7.19. The number of hydrogen-bond donors (Lipinski definition) is 2. The van der Waals surface area contributed by atoms with Gasteiger partial charge in [0.25, 0.3) is 0 Å². The highest BCUT2D eigenvalue weighted by molar-refractivity contribution is 7.84. The summed E-state index contributed by atoms with van der Waals surface area (Å²) in [6, 6.07) is 23.3. The number of ketones is 3. The Morgan fingerprint density at radius 1 is 0.784 bits per heavy atom. The molecule has 3 aromatic carbocycles. The van der Waals surface area contributed by atoms with Gasteiger partial charge in [-0.2, -0.15) is 0 Å². The van der Waals surface area contributed by atoms with E-state index in [9.17, 15) is 28.8 Å². The van der Waals surface area contributed by atoms with Gasteiger partial charge in [0.2, 0.25) is 11.8 Å². The zero-order valence-corrected chi connectivity index (χ0v) is 45.7. The number of amides is 2. The number of hydrogen-bond acceptors (Lipinski definition) is 13. The minimum atomic E-state index is -3.92. The Morgan fingerprint density at radius 3 is 1.89 bits per heavy atom. The number of ether oxygens (including phenoxy) is 2. The van der Waals surface area contributed by atoms with Crippen LogP contribution in [0, 0.1) is 35.0 Å². The van der Waals surface area contributed by atoms with Crippen molar-refractivity contribution in [2.24, 2.45) is 40.2 Å². The highest BCUT2D eigenvalue weighted by atomic mass is 32.2. The Morgan fingerprint density at radius 2 is 1.34 bits per heavy atom. The first-order valence-electron chi connectivity index (χ1n) is 25.9. The van der Waals surface area contributed by atoms with Gasteiger partial charge in [-0.15, -0.1) is 0 Å². The third kappa shape index (κ3) is 21.3. The molecule has 406 valence electrons. The van der Waals surface area contributed by atoms with E-state index in [1.165, 1.54) is 13.3 Å². The third-order valence-corrected chi connectivity index (χ3v) is 13.5. The predicted molar refractivity (Wildman–Crippen MR) is 283 cm³/mol. The number of carbonyl (C=O) groups is 6. The Hall–Kier alpha value is -5.62. The van der Waals surface area contributed by atoms with E-state index in [1.807, 2.05) is 107 Å².